The van der Waals surface area contributed by atoms with Crippen LogP contribution in [0.25, 0.3) is 0 Å². The lowest BCUT2D eigenvalue weighted by Crippen LogP contribution is -2.56. The molecule has 0 atom stereocenters. The predicted molar refractivity (Wildman–Crippen MR) is 101 cm³/mol. The molecule has 2 aromatic carbocycles. The Hall–Kier alpha value is -2.04. The fourth-order valence-electron chi connectivity index (χ4n) is 2.29. The first-order chi connectivity index (χ1) is 11.6. The Morgan fingerprint density at radius 2 is 1.68 bits per heavy atom. The predicted octanol–water partition coefficient (Wildman–Crippen LogP) is 4.89. The van der Waals surface area contributed by atoms with E-state index in [4.69, 9.17) is 23.2 Å². The highest BCUT2D eigenvalue weighted by Gasteiger charge is 2.30. The molecule has 0 unspecified atom stereocenters. The van der Waals surface area contributed by atoms with Crippen LogP contribution in [-0.2, 0) is 0 Å². The van der Waals surface area contributed by atoms with Gasteiger partial charge in [-0.15, -0.1) is 0 Å². The van der Waals surface area contributed by atoms with Crippen LogP contribution in [0.4, 0.5) is 0 Å². The third kappa shape index (κ3) is 4.53. The van der Waals surface area contributed by atoms with Gasteiger partial charge in [0, 0.05) is 21.2 Å². The molecule has 4 nitrogen and oxygen atoms in total. The Morgan fingerprint density at radius 1 is 1.04 bits per heavy atom. The van der Waals surface area contributed by atoms with Crippen molar-refractivity contribution in [1.82, 2.24) is 10.4 Å². The number of rotatable bonds is 2. The van der Waals surface area contributed by atoms with Gasteiger partial charge in [-0.05, 0) is 63.6 Å². The summed E-state index contributed by atoms with van der Waals surface area (Å²) in [4.78, 5) is 25.6. The van der Waals surface area contributed by atoms with Crippen molar-refractivity contribution in [1.29, 1.82) is 0 Å². The van der Waals surface area contributed by atoms with Crippen molar-refractivity contribution in [3.63, 3.8) is 0 Å². The average molecular weight is 379 g/mol. The zero-order chi connectivity index (χ0) is 18.8. The minimum Gasteiger partial charge on any atom is -0.267 e. The van der Waals surface area contributed by atoms with E-state index < -0.39 is 11.4 Å². The summed E-state index contributed by atoms with van der Waals surface area (Å²) in [5.74, 6) is -0.742. The molecule has 1 N–H and O–H groups in total. The van der Waals surface area contributed by atoms with Gasteiger partial charge in [-0.1, -0.05) is 35.3 Å². The van der Waals surface area contributed by atoms with Crippen LogP contribution in [0, 0.1) is 6.92 Å². The molecule has 0 radical (unpaired) electrons. The fraction of sp³-hybridized carbons (Fsp3) is 0.263. The molecule has 0 saturated heterocycles. The number of carbonyl (C=O) groups excluding carboxylic acids is 2. The molecular weight excluding hydrogens is 359 g/mol. The van der Waals surface area contributed by atoms with E-state index in [1.165, 1.54) is 5.01 Å². The molecule has 2 amide bonds. The van der Waals surface area contributed by atoms with Crippen molar-refractivity contribution in [3.8, 4) is 0 Å². The van der Waals surface area contributed by atoms with Crippen molar-refractivity contribution >= 4 is 35.0 Å². The number of benzene rings is 2. The van der Waals surface area contributed by atoms with E-state index in [2.05, 4.69) is 5.43 Å². The molecule has 0 aromatic heterocycles. The van der Waals surface area contributed by atoms with E-state index in [-0.39, 0.29) is 5.91 Å². The second-order valence-electron chi connectivity index (χ2n) is 6.68. The normalized spacial score (nSPS) is 11.1. The topological polar surface area (TPSA) is 49.4 Å². The maximum atomic E-state index is 12.9. The molecule has 0 saturated carbocycles. The maximum Gasteiger partial charge on any atom is 0.272 e. The Labute approximate surface area is 157 Å². The zero-order valence-corrected chi connectivity index (χ0v) is 16.1. The average Bonchev–Trinajstić information content (AvgIpc) is 2.53. The van der Waals surface area contributed by atoms with Gasteiger partial charge in [-0.2, -0.15) is 0 Å². The molecule has 2 rings (SSSR count). The Morgan fingerprint density at radius 3 is 2.28 bits per heavy atom. The van der Waals surface area contributed by atoms with Gasteiger partial charge in [0.2, 0.25) is 0 Å². The number of carbonyl (C=O) groups is 2. The molecule has 0 fully saturated rings. The first kappa shape index (κ1) is 19.3. The summed E-state index contributed by atoms with van der Waals surface area (Å²) in [6.45, 7) is 7.26. The summed E-state index contributed by atoms with van der Waals surface area (Å²) in [5.41, 5.74) is 3.53. The first-order valence-corrected chi connectivity index (χ1v) is 8.53. The van der Waals surface area contributed by atoms with Crippen LogP contribution in [-0.4, -0.2) is 22.4 Å². The van der Waals surface area contributed by atoms with Gasteiger partial charge in [-0.3, -0.25) is 15.0 Å². The van der Waals surface area contributed by atoms with Gasteiger partial charge in [0.25, 0.3) is 11.8 Å². The second-order valence-corrected chi connectivity index (χ2v) is 7.52. The highest BCUT2D eigenvalue weighted by Crippen LogP contribution is 2.21. The second kappa shape index (κ2) is 7.46. The molecule has 0 bridgehead atoms. The van der Waals surface area contributed by atoms with Gasteiger partial charge in [0.1, 0.15) is 0 Å². The van der Waals surface area contributed by atoms with Crippen LogP contribution in [0.1, 0.15) is 47.1 Å². The number of nitrogens with zero attached hydrogens (tertiary/aromatic N) is 1. The minimum absolute atomic E-state index is 0.344. The number of hydrogen-bond donors (Lipinski definition) is 1. The molecule has 132 valence electrons. The molecule has 25 heavy (non-hydrogen) atoms. The third-order valence-electron chi connectivity index (χ3n) is 3.67. The fourth-order valence-corrected chi connectivity index (χ4v) is 2.65. The lowest BCUT2D eigenvalue weighted by atomic mass is 10.1. The molecule has 0 heterocycles. The monoisotopic (exact) mass is 378 g/mol. The summed E-state index contributed by atoms with van der Waals surface area (Å²) in [6, 6.07) is 11.7. The van der Waals surface area contributed by atoms with Crippen molar-refractivity contribution in [2.45, 2.75) is 33.2 Å². The van der Waals surface area contributed by atoms with Gasteiger partial charge >= 0.3 is 0 Å². The molecule has 0 aliphatic heterocycles. The largest absolute Gasteiger partial charge is 0.272 e. The summed E-state index contributed by atoms with van der Waals surface area (Å²) in [5, 5.41) is 2.26. The molecule has 0 spiro atoms. The quantitative estimate of drug-likeness (QED) is 0.756. The Kier molecular flexibility index (Phi) is 5.76. The van der Waals surface area contributed by atoms with Gasteiger partial charge < -0.3 is 0 Å². The Balaban J connectivity index is 2.34. The van der Waals surface area contributed by atoms with Gasteiger partial charge in [0.15, 0.2) is 0 Å². The third-order valence-corrected chi connectivity index (χ3v) is 4.32. The van der Waals surface area contributed by atoms with Gasteiger partial charge in [0.05, 0.1) is 5.54 Å². The van der Waals surface area contributed by atoms with E-state index in [0.717, 1.165) is 0 Å². The summed E-state index contributed by atoms with van der Waals surface area (Å²) in [7, 11) is 0. The van der Waals surface area contributed by atoms with E-state index in [0.29, 0.717) is 26.7 Å². The molecule has 0 aliphatic carbocycles. The lowest BCUT2D eigenvalue weighted by molar-refractivity contribution is 0.0358. The molecule has 0 aliphatic rings. The van der Waals surface area contributed by atoms with Crippen molar-refractivity contribution in [3.05, 3.63) is 69.2 Å². The summed E-state index contributed by atoms with van der Waals surface area (Å²) < 4.78 is 0. The molecule has 6 heteroatoms. The zero-order valence-electron chi connectivity index (χ0n) is 14.6. The Bertz CT molecular complexity index is 813. The number of halogens is 2. The smallest absolute Gasteiger partial charge is 0.267 e. The van der Waals surface area contributed by atoms with Crippen LogP contribution < -0.4 is 5.43 Å². The van der Waals surface area contributed by atoms with E-state index in [1.807, 2.05) is 20.8 Å². The van der Waals surface area contributed by atoms with E-state index >= 15 is 0 Å². The molecular formula is C19H20Cl2N2O2. The summed E-state index contributed by atoms with van der Waals surface area (Å²) >= 11 is 12.1. The molecule has 2 aromatic rings. The van der Waals surface area contributed by atoms with E-state index in [1.54, 1.807) is 49.4 Å². The standard InChI is InChI=1S/C19H20Cl2N2O2/c1-12-15(9-6-10-16(12)21)17(24)22-23(19(2,3)4)18(25)13-7-5-8-14(20)11-13/h5-11H,1-4H3,(H,22,24). The minimum atomic E-state index is -0.637. The SMILES string of the molecule is Cc1c(Cl)cccc1C(=O)NN(C(=O)c1cccc(Cl)c1)C(C)(C)C. The number of hydrazine groups is 1. The lowest BCUT2D eigenvalue weighted by Gasteiger charge is -2.35. The summed E-state index contributed by atoms with van der Waals surface area (Å²) in [6.07, 6.45) is 0. The number of amides is 2. The van der Waals surface area contributed by atoms with Gasteiger partial charge in [-0.25, -0.2) is 5.01 Å². The van der Waals surface area contributed by atoms with Crippen LogP contribution in [0.5, 0.6) is 0 Å². The van der Waals surface area contributed by atoms with Crippen molar-refractivity contribution in [2.75, 3.05) is 0 Å². The van der Waals surface area contributed by atoms with Crippen molar-refractivity contribution < 1.29 is 9.59 Å². The van der Waals surface area contributed by atoms with Crippen LogP contribution in [0.3, 0.4) is 0 Å². The van der Waals surface area contributed by atoms with Crippen LogP contribution >= 0.6 is 23.2 Å². The maximum absolute atomic E-state index is 12.9. The van der Waals surface area contributed by atoms with E-state index in [9.17, 15) is 9.59 Å². The van der Waals surface area contributed by atoms with Crippen LogP contribution in [0.15, 0.2) is 42.5 Å². The number of hydrogen-bond acceptors (Lipinski definition) is 2. The van der Waals surface area contributed by atoms with Crippen LogP contribution in [0.2, 0.25) is 10.0 Å². The first-order valence-electron chi connectivity index (χ1n) is 7.77. The highest BCUT2D eigenvalue weighted by atomic mass is 35.5. The highest BCUT2D eigenvalue weighted by molar-refractivity contribution is 6.32. The number of nitrogens with one attached hydrogen (secondary N) is 1. The van der Waals surface area contributed by atoms with Crippen molar-refractivity contribution in [2.24, 2.45) is 0 Å².